The summed E-state index contributed by atoms with van der Waals surface area (Å²) in [6, 6.07) is 19.7. The van der Waals surface area contributed by atoms with Gasteiger partial charge in [0, 0.05) is 18.3 Å². The van der Waals surface area contributed by atoms with Crippen molar-refractivity contribution in [3.8, 4) is 11.1 Å². The van der Waals surface area contributed by atoms with Crippen LogP contribution in [0.25, 0.3) is 11.1 Å². The molecule has 3 heteroatoms. The van der Waals surface area contributed by atoms with E-state index >= 15 is 0 Å². The van der Waals surface area contributed by atoms with Gasteiger partial charge in [0.25, 0.3) is 0 Å². The van der Waals surface area contributed by atoms with Crippen molar-refractivity contribution in [2.45, 2.75) is 12.5 Å². The standard InChI is InChI=1S/C16H18N2.ClH/c1-2-5-13(6-3-1)14-7-4-8-15(11-14)18-16-9-10-17-12-16;/h1-8,11,16-18H,9-10,12H2;1H/t16-;/m0./s1. The Morgan fingerprint density at radius 3 is 2.47 bits per heavy atom. The summed E-state index contributed by atoms with van der Waals surface area (Å²) in [6.07, 6.45) is 1.20. The highest BCUT2D eigenvalue weighted by molar-refractivity contribution is 5.85. The molecule has 19 heavy (non-hydrogen) atoms. The number of rotatable bonds is 3. The number of benzene rings is 2. The SMILES string of the molecule is Cl.c1ccc(-c2cccc(N[C@H]3CCNC3)c2)cc1. The Kier molecular flexibility index (Phi) is 4.83. The summed E-state index contributed by atoms with van der Waals surface area (Å²) in [5, 5.41) is 6.96. The molecule has 0 saturated carbocycles. The molecule has 0 amide bonds. The Labute approximate surface area is 120 Å². The van der Waals surface area contributed by atoms with Crippen LogP contribution in [0.5, 0.6) is 0 Å². The Morgan fingerprint density at radius 2 is 1.74 bits per heavy atom. The van der Waals surface area contributed by atoms with Gasteiger partial charge in [-0.1, -0.05) is 42.5 Å². The molecular weight excluding hydrogens is 256 g/mol. The van der Waals surface area contributed by atoms with Crippen molar-refractivity contribution in [3.63, 3.8) is 0 Å². The third-order valence-corrected chi connectivity index (χ3v) is 3.40. The van der Waals surface area contributed by atoms with Gasteiger partial charge in [0.2, 0.25) is 0 Å². The molecule has 0 radical (unpaired) electrons. The van der Waals surface area contributed by atoms with Crippen molar-refractivity contribution in [2.75, 3.05) is 18.4 Å². The van der Waals surface area contributed by atoms with Crippen molar-refractivity contribution >= 4 is 18.1 Å². The first-order chi connectivity index (χ1) is 8.92. The Bertz CT molecular complexity index is 507. The highest BCUT2D eigenvalue weighted by Crippen LogP contribution is 2.23. The third-order valence-electron chi connectivity index (χ3n) is 3.40. The fourth-order valence-electron chi connectivity index (χ4n) is 2.43. The molecule has 0 aromatic heterocycles. The summed E-state index contributed by atoms with van der Waals surface area (Å²) in [6.45, 7) is 2.19. The minimum absolute atomic E-state index is 0. The van der Waals surface area contributed by atoms with Crippen LogP contribution >= 0.6 is 12.4 Å². The monoisotopic (exact) mass is 274 g/mol. The first-order valence-corrected chi connectivity index (χ1v) is 6.54. The van der Waals surface area contributed by atoms with E-state index in [4.69, 9.17) is 0 Å². The van der Waals surface area contributed by atoms with Crippen LogP contribution in [0.15, 0.2) is 54.6 Å². The van der Waals surface area contributed by atoms with Crippen LogP contribution in [0, 0.1) is 0 Å². The molecule has 1 aliphatic rings. The second kappa shape index (κ2) is 6.60. The summed E-state index contributed by atoms with van der Waals surface area (Å²) < 4.78 is 0. The van der Waals surface area contributed by atoms with E-state index in [9.17, 15) is 0 Å². The smallest absolute Gasteiger partial charge is 0.0398 e. The number of halogens is 1. The van der Waals surface area contributed by atoms with Gasteiger partial charge in [-0.15, -0.1) is 12.4 Å². The molecule has 2 nitrogen and oxygen atoms in total. The fourth-order valence-corrected chi connectivity index (χ4v) is 2.43. The molecule has 1 atom stereocenters. The van der Waals surface area contributed by atoms with E-state index < -0.39 is 0 Å². The number of hydrogen-bond donors (Lipinski definition) is 2. The summed E-state index contributed by atoms with van der Waals surface area (Å²) in [7, 11) is 0. The molecule has 3 rings (SSSR count). The van der Waals surface area contributed by atoms with E-state index in [1.165, 1.54) is 23.2 Å². The second-order valence-electron chi connectivity index (χ2n) is 4.78. The Hall–Kier alpha value is -1.51. The molecule has 0 unspecified atom stereocenters. The zero-order chi connectivity index (χ0) is 12.2. The maximum Gasteiger partial charge on any atom is 0.0398 e. The van der Waals surface area contributed by atoms with Crippen LogP contribution in [-0.2, 0) is 0 Å². The van der Waals surface area contributed by atoms with Gasteiger partial charge in [-0.3, -0.25) is 0 Å². The first kappa shape index (κ1) is 13.9. The zero-order valence-electron chi connectivity index (χ0n) is 10.8. The van der Waals surface area contributed by atoms with Crippen LogP contribution < -0.4 is 10.6 Å². The van der Waals surface area contributed by atoms with Gasteiger partial charge >= 0.3 is 0 Å². The lowest BCUT2D eigenvalue weighted by Gasteiger charge is -2.13. The van der Waals surface area contributed by atoms with Gasteiger partial charge < -0.3 is 10.6 Å². The van der Waals surface area contributed by atoms with Gasteiger partial charge in [-0.25, -0.2) is 0 Å². The second-order valence-corrected chi connectivity index (χ2v) is 4.78. The molecule has 1 heterocycles. The van der Waals surface area contributed by atoms with Gasteiger partial charge in [0.15, 0.2) is 0 Å². The van der Waals surface area contributed by atoms with Crippen LogP contribution in [0.4, 0.5) is 5.69 Å². The van der Waals surface area contributed by atoms with Gasteiger partial charge in [-0.2, -0.15) is 0 Å². The normalized spacial score (nSPS) is 17.8. The van der Waals surface area contributed by atoms with Crippen molar-refractivity contribution in [2.24, 2.45) is 0 Å². The lowest BCUT2D eigenvalue weighted by Crippen LogP contribution is -2.21. The Morgan fingerprint density at radius 1 is 0.947 bits per heavy atom. The summed E-state index contributed by atoms with van der Waals surface area (Å²) in [4.78, 5) is 0. The first-order valence-electron chi connectivity index (χ1n) is 6.54. The van der Waals surface area contributed by atoms with Crippen molar-refractivity contribution in [1.82, 2.24) is 5.32 Å². The number of anilines is 1. The van der Waals surface area contributed by atoms with Crippen molar-refractivity contribution in [3.05, 3.63) is 54.6 Å². The van der Waals surface area contributed by atoms with E-state index in [0.29, 0.717) is 6.04 Å². The molecule has 1 aliphatic heterocycles. The average molecular weight is 275 g/mol. The summed E-state index contributed by atoms with van der Waals surface area (Å²) in [5.41, 5.74) is 3.75. The van der Waals surface area contributed by atoms with Crippen LogP contribution in [-0.4, -0.2) is 19.1 Å². The highest BCUT2D eigenvalue weighted by atomic mass is 35.5. The maximum absolute atomic E-state index is 3.59. The molecular formula is C16H19ClN2. The molecule has 1 saturated heterocycles. The zero-order valence-corrected chi connectivity index (χ0v) is 11.6. The molecule has 100 valence electrons. The molecule has 0 bridgehead atoms. The summed E-state index contributed by atoms with van der Waals surface area (Å²) >= 11 is 0. The maximum atomic E-state index is 3.59. The van der Waals surface area contributed by atoms with Crippen LogP contribution in [0.1, 0.15) is 6.42 Å². The quantitative estimate of drug-likeness (QED) is 0.894. The van der Waals surface area contributed by atoms with Crippen LogP contribution in [0.3, 0.4) is 0 Å². The predicted molar refractivity (Wildman–Crippen MR) is 84.0 cm³/mol. The highest BCUT2D eigenvalue weighted by Gasteiger charge is 2.13. The average Bonchev–Trinajstić information content (AvgIpc) is 2.93. The topological polar surface area (TPSA) is 24.1 Å². The van der Waals surface area contributed by atoms with E-state index in [-0.39, 0.29) is 12.4 Å². The fraction of sp³-hybridized carbons (Fsp3) is 0.250. The molecule has 0 aliphatic carbocycles. The Balaban J connectivity index is 0.00000133. The molecule has 2 N–H and O–H groups in total. The minimum atomic E-state index is 0. The van der Waals surface area contributed by atoms with Crippen molar-refractivity contribution < 1.29 is 0 Å². The predicted octanol–water partition coefficient (Wildman–Crippen LogP) is 3.55. The van der Waals surface area contributed by atoms with E-state index in [1.807, 2.05) is 0 Å². The lowest BCUT2D eigenvalue weighted by molar-refractivity contribution is 0.793. The molecule has 1 fully saturated rings. The van der Waals surface area contributed by atoms with Crippen LogP contribution in [0.2, 0.25) is 0 Å². The molecule has 0 spiro atoms. The minimum Gasteiger partial charge on any atom is -0.381 e. The van der Waals surface area contributed by atoms with Gasteiger partial charge in [-0.05, 0) is 36.2 Å². The summed E-state index contributed by atoms with van der Waals surface area (Å²) in [5.74, 6) is 0. The molecule has 2 aromatic rings. The number of nitrogens with one attached hydrogen (secondary N) is 2. The van der Waals surface area contributed by atoms with Gasteiger partial charge in [0.1, 0.15) is 0 Å². The van der Waals surface area contributed by atoms with Gasteiger partial charge in [0.05, 0.1) is 0 Å². The van der Waals surface area contributed by atoms with E-state index in [0.717, 1.165) is 13.1 Å². The number of hydrogen-bond acceptors (Lipinski definition) is 2. The largest absolute Gasteiger partial charge is 0.381 e. The van der Waals surface area contributed by atoms with E-state index in [1.54, 1.807) is 0 Å². The van der Waals surface area contributed by atoms with E-state index in [2.05, 4.69) is 65.2 Å². The molecule has 2 aromatic carbocycles. The lowest BCUT2D eigenvalue weighted by atomic mass is 10.1. The third kappa shape index (κ3) is 3.49. The van der Waals surface area contributed by atoms with Crippen molar-refractivity contribution in [1.29, 1.82) is 0 Å².